The van der Waals surface area contributed by atoms with E-state index in [9.17, 15) is 10.1 Å². The molecule has 0 amide bonds. The van der Waals surface area contributed by atoms with Crippen LogP contribution in [0.3, 0.4) is 0 Å². The van der Waals surface area contributed by atoms with Crippen molar-refractivity contribution in [3.8, 4) is 6.07 Å². The summed E-state index contributed by atoms with van der Waals surface area (Å²) < 4.78 is 1.04. The van der Waals surface area contributed by atoms with Crippen LogP contribution in [0.5, 0.6) is 0 Å². The Morgan fingerprint density at radius 2 is 2.11 bits per heavy atom. The Hall–Kier alpha value is -1.73. The van der Waals surface area contributed by atoms with Gasteiger partial charge in [-0.15, -0.1) is 11.3 Å². The predicted molar refractivity (Wildman–Crippen MR) is 74.9 cm³/mol. The van der Waals surface area contributed by atoms with Gasteiger partial charge in [0.15, 0.2) is 11.7 Å². The number of nitriles is 1. The van der Waals surface area contributed by atoms with Crippen molar-refractivity contribution in [2.45, 2.75) is 31.6 Å². The SMILES string of the molecule is N#CC(C(=O)C1CCCC1)c1nc2ccccc2s1. The van der Waals surface area contributed by atoms with Gasteiger partial charge in [0.1, 0.15) is 5.01 Å². The van der Waals surface area contributed by atoms with Gasteiger partial charge in [-0.1, -0.05) is 25.0 Å². The van der Waals surface area contributed by atoms with Gasteiger partial charge in [0, 0.05) is 5.92 Å². The molecule has 0 N–H and O–H groups in total. The Balaban J connectivity index is 1.93. The predicted octanol–water partition coefficient (Wildman–Crippen LogP) is 3.66. The highest BCUT2D eigenvalue weighted by Crippen LogP contribution is 2.34. The van der Waals surface area contributed by atoms with Crippen LogP contribution in [0.25, 0.3) is 10.2 Å². The van der Waals surface area contributed by atoms with Crippen LogP contribution in [-0.2, 0) is 4.79 Å². The molecule has 1 fully saturated rings. The monoisotopic (exact) mass is 270 g/mol. The molecule has 0 saturated heterocycles. The van der Waals surface area contributed by atoms with E-state index in [0.29, 0.717) is 5.01 Å². The van der Waals surface area contributed by atoms with Crippen molar-refractivity contribution in [3.63, 3.8) is 0 Å². The van der Waals surface area contributed by atoms with Crippen molar-refractivity contribution in [3.05, 3.63) is 29.3 Å². The third-order valence-electron chi connectivity index (χ3n) is 3.73. The van der Waals surface area contributed by atoms with E-state index in [4.69, 9.17) is 0 Å². The van der Waals surface area contributed by atoms with Gasteiger partial charge in [0.25, 0.3) is 0 Å². The van der Waals surface area contributed by atoms with E-state index in [2.05, 4.69) is 11.1 Å². The summed E-state index contributed by atoms with van der Waals surface area (Å²) in [5, 5.41) is 9.98. The Morgan fingerprint density at radius 3 is 2.79 bits per heavy atom. The lowest BCUT2D eigenvalue weighted by Gasteiger charge is -2.10. The van der Waals surface area contributed by atoms with Gasteiger partial charge in [0.05, 0.1) is 16.3 Å². The number of rotatable bonds is 3. The molecule has 4 heteroatoms. The zero-order chi connectivity index (χ0) is 13.2. The summed E-state index contributed by atoms with van der Waals surface area (Å²) in [5.74, 6) is -0.545. The third kappa shape index (κ3) is 2.26. The molecule has 0 bridgehead atoms. The van der Waals surface area contributed by atoms with Crippen molar-refractivity contribution in [2.24, 2.45) is 5.92 Å². The quantitative estimate of drug-likeness (QED) is 0.855. The van der Waals surface area contributed by atoms with Gasteiger partial charge in [-0.25, -0.2) is 4.98 Å². The van der Waals surface area contributed by atoms with E-state index in [1.54, 1.807) is 0 Å². The molecule has 0 aliphatic heterocycles. The second-order valence-corrected chi connectivity index (χ2v) is 6.03. The Morgan fingerprint density at radius 1 is 1.37 bits per heavy atom. The van der Waals surface area contributed by atoms with Crippen LogP contribution in [0.2, 0.25) is 0 Å². The van der Waals surface area contributed by atoms with E-state index in [1.807, 2.05) is 24.3 Å². The van der Waals surface area contributed by atoms with Crippen LogP contribution < -0.4 is 0 Å². The highest BCUT2D eigenvalue weighted by molar-refractivity contribution is 7.18. The lowest BCUT2D eigenvalue weighted by molar-refractivity contribution is -0.123. The van der Waals surface area contributed by atoms with Crippen LogP contribution in [0, 0.1) is 17.2 Å². The van der Waals surface area contributed by atoms with Gasteiger partial charge < -0.3 is 0 Å². The van der Waals surface area contributed by atoms with Crippen LogP contribution in [0.1, 0.15) is 36.6 Å². The van der Waals surface area contributed by atoms with Gasteiger partial charge in [0.2, 0.25) is 0 Å². The maximum absolute atomic E-state index is 12.4. The van der Waals surface area contributed by atoms with Gasteiger partial charge in [-0.3, -0.25) is 4.79 Å². The maximum Gasteiger partial charge on any atom is 0.160 e. The summed E-state index contributed by atoms with van der Waals surface area (Å²) in [7, 11) is 0. The van der Waals surface area contributed by atoms with Crippen LogP contribution in [0.4, 0.5) is 0 Å². The molecule has 1 aliphatic rings. The number of nitrogens with zero attached hydrogens (tertiary/aromatic N) is 2. The largest absolute Gasteiger partial charge is 0.297 e. The molecule has 1 unspecified atom stereocenters. The molecule has 2 aromatic rings. The van der Waals surface area contributed by atoms with Crippen LogP contribution >= 0.6 is 11.3 Å². The fraction of sp³-hybridized carbons (Fsp3) is 0.400. The summed E-state index contributed by atoms with van der Waals surface area (Å²) in [6.45, 7) is 0. The molecule has 1 saturated carbocycles. The molecular formula is C15H14N2OS. The Bertz CT molecular complexity index is 616. The number of Topliss-reactive ketones (excluding diaryl/α,β-unsaturated/α-hetero) is 1. The number of thiazole rings is 1. The number of aromatic nitrogens is 1. The zero-order valence-corrected chi connectivity index (χ0v) is 11.3. The van der Waals surface area contributed by atoms with Crippen molar-refractivity contribution >= 4 is 27.3 Å². The van der Waals surface area contributed by atoms with Crippen LogP contribution in [0.15, 0.2) is 24.3 Å². The Labute approximate surface area is 115 Å². The molecule has 3 rings (SSSR count). The van der Waals surface area contributed by atoms with Gasteiger partial charge >= 0.3 is 0 Å². The molecule has 1 atom stereocenters. The standard InChI is InChI=1S/C15H14N2OS/c16-9-11(14(18)10-5-1-2-6-10)15-17-12-7-3-4-8-13(12)19-15/h3-4,7-8,10-11H,1-2,5-6H2. The average Bonchev–Trinajstić information content (AvgIpc) is 3.08. The van der Waals surface area contributed by atoms with Crippen molar-refractivity contribution in [1.29, 1.82) is 5.26 Å². The molecule has 19 heavy (non-hydrogen) atoms. The number of fused-ring (bicyclic) bond motifs is 1. The topological polar surface area (TPSA) is 53.8 Å². The van der Waals surface area contributed by atoms with Crippen LogP contribution in [-0.4, -0.2) is 10.8 Å². The highest BCUT2D eigenvalue weighted by Gasteiger charge is 2.32. The second kappa shape index (κ2) is 5.10. The maximum atomic E-state index is 12.4. The van der Waals surface area contributed by atoms with Gasteiger partial charge in [-0.05, 0) is 25.0 Å². The van der Waals surface area contributed by atoms with E-state index < -0.39 is 5.92 Å². The molecular weight excluding hydrogens is 256 g/mol. The number of benzene rings is 1. The third-order valence-corrected chi connectivity index (χ3v) is 4.83. The first kappa shape index (κ1) is 12.3. The summed E-state index contributed by atoms with van der Waals surface area (Å²) in [6, 6.07) is 9.92. The van der Waals surface area contributed by atoms with E-state index >= 15 is 0 Å². The Kier molecular flexibility index (Phi) is 3.31. The molecule has 1 heterocycles. The van der Waals surface area contributed by atoms with E-state index in [1.165, 1.54) is 11.3 Å². The summed E-state index contributed by atoms with van der Waals surface area (Å²) in [5.41, 5.74) is 0.877. The normalized spacial score (nSPS) is 17.4. The number of carbonyl (C=O) groups is 1. The minimum atomic E-state index is -0.680. The summed E-state index contributed by atoms with van der Waals surface area (Å²) in [6.07, 6.45) is 4.08. The van der Waals surface area contributed by atoms with E-state index in [-0.39, 0.29) is 11.7 Å². The molecule has 0 spiro atoms. The first-order valence-corrected chi connectivity index (χ1v) is 7.40. The summed E-state index contributed by atoms with van der Waals surface area (Å²) in [4.78, 5) is 16.8. The second-order valence-electron chi connectivity index (χ2n) is 4.97. The van der Waals surface area contributed by atoms with Crippen molar-refractivity contribution < 1.29 is 4.79 Å². The minimum absolute atomic E-state index is 0.0664. The van der Waals surface area contributed by atoms with E-state index in [0.717, 1.165) is 35.9 Å². The molecule has 3 nitrogen and oxygen atoms in total. The fourth-order valence-corrected chi connectivity index (χ4v) is 3.72. The summed E-state index contributed by atoms with van der Waals surface area (Å²) >= 11 is 1.46. The number of carbonyl (C=O) groups excluding carboxylic acids is 1. The smallest absolute Gasteiger partial charge is 0.160 e. The van der Waals surface area contributed by atoms with Crippen molar-refractivity contribution in [1.82, 2.24) is 4.98 Å². The number of ketones is 1. The highest BCUT2D eigenvalue weighted by atomic mass is 32.1. The van der Waals surface area contributed by atoms with Gasteiger partial charge in [-0.2, -0.15) is 5.26 Å². The minimum Gasteiger partial charge on any atom is -0.297 e. The number of para-hydroxylation sites is 1. The first-order chi connectivity index (χ1) is 9.29. The average molecular weight is 270 g/mol. The molecule has 1 aromatic carbocycles. The lowest BCUT2D eigenvalue weighted by atomic mass is 9.93. The molecule has 1 aliphatic carbocycles. The molecule has 0 radical (unpaired) electrons. The zero-order valence-electron chi connectivity index (χ0n) is 10.5. The number of hydrogen-bond acceptors (Lipinski definition) is 4. The molecule has 96 valence electrons. The lowest BCUT2D eigenvalue weighted by Crippen LogP contribution is -2.18. The number of hydrogen-bond donors (Lipinski definition) is 0. The fourth-order valence-electron chi connectivity index (χ4n) is 2.70. The van der Waals surface area contributed by atoms with Crippen molar-refractivity contribution in [2.75, 3.05) is 0 Å². The molecule has 1 aromatic heterocycles. The first-order valence-electron chi connectivity index (χ1n) is 6.58.